The van der Waals surface area contributed by atoms with E-state index >= 15 is 0 Å². The van der Waals surface area contributed by atoms with Gasteiger partial charge in [0.1, 0.15) is 12.4 Å². The van der Waals surface area contributed by atoms with Crippen molar-refractivity contribution in [2.45, 2.75) is 12.8 Å². The lowest BCUT2D eigenvalue weighted by atomic mass is 10.2. The normalized spacial score (nSPS) is 16.4. The summed E-state index contributed by atoms with van der Waals surface area (Å²) in [7, 11) is 0. The summed E-state index contributed by atoms with van der Waals surface area (Å²) in [5, 5.41) is 8.83. The lowest BCUT2D eigenvalue weighted by molar-refractivity contribution is 0.301. The second-order valence-corrected chi connectivity index (χ2v) is 5.23. The zero-order chi connectivity index (χ0) is 15.5. The first kappa shape index (κ1) is 13.7. The van der Waals surface area contributed by atoms with Crippen molar-refractivity contribution in [1.29, 1.82) is 0 Å². The Morgan fingerprint density at radius 1 is 0.957 bits per heavy atom. The van der Waals surface area contributed by atoms with Crippen LogP contribution in [0.4, 0.5) is 0 Å². The predicted molar refractivity (Wildman–Crippen MR) is 86.4 cm³/mol. The number of ether oxygens (including phenoxy) is 1. The Bertz CT molecular complexity index is 847. The number of benzene rings is 2. The number of hydrogen-bond acceptors (Lipinski definition) is 6. The van der Waals surface area contributed by atoms with E-state index in [0.717, 1.165) is 27.9 Å². The van der Waals surface area contributed by atoms with Crippen LogP contribution in [0.2, 0.25) is 0 Å². The van der Waals surface area contributed by atoms with Crippen molar-refractivity contribution < 1.29 is 4.74 Å². The molecule has 0 amide bonds. The summed E-state index contributed by atoms with van der Waals surface area (Å²) in [5.74, 6) is 0.798. The molecule has 1 atom stereocenters. The predicted octanol–water partition coefficient (Wildman–Crippen LogP) is 3.29. The van der Waals surface area contributed by atoms with Gasteiger partial charge in [0.05, 0.1) is 11.2 Å². The molecule has 6 heteroatoms. The van der Waals surface area contributed by atoms with Crippen molar-refractivity contribution in [2.75, 3.05) is 0 Å². The number of hydrogen-bond donors (Lipinski definition) is 2. The summed E-state index contributed by atoms with van der Waals surface area (Å²) in [5.41, 5.74) is 8.46. The number of rotatable bonds is 4. The maximum absolute atomic E-state index is 5.81. The molecule has 2 heterocycles. The second-order valence-electron chi connectivity index (χ2n) is 5.23. The van der Waals surface area contributed by atoms with Crippen molar-refractivity contribution >= 4 is 10.9 Å². The van der Waals surface area contributed by atoms with Crippen LogP contribution in [0.5, 0.6) is 5.75 Å². The molecule has 0 fully saturated rings. The van der Waals surface area contributed by atoms with Gasteiger partial charge in [0.25, 0.3) is 0 Å². The van der Waals surface area contributed by atoms with Crippen LogP contribution < -0.4 is 15.7 Å². The van der Waals surface area contributed by atoms with E-state index in [4.69, 9.17) is 4.74 Å². The smallest absolute Gasteiger partial charge is 0.166 e. The first-order valence-electron chi connectivity index (χ1n) is 7.36. The van der Waals surface area contributed by atoms with Crippen LogP contribution in [0.1, 0.15) is 17.4 Å². The molecule has 0 bridgehead atoms. The van der Waals surface area contributed by atoms with Crippen LogP contribution in [-0.2, 0) is 6.61 Å². The van der Waals surface area contributed by atoms with E-state index in [-0.39, 0.29) is 6.17 Å². The van der Waals surface area contributed by atoms with Crippen molar-refractivity contribution in [3.63, 3.8) is 0 Å². The Morgan fingerprint density at radius 2 is 1.83 bits per heavy atom. The Kier molecular flexibility index (Phi) is 3.57. The van der Waals surface area contributed by atoms with E-state index in [1.807, 2.05) is 48.5 Å². The quantitative estimate of drug-likeness (QED) is 0.776. The Hall–Kier alpha value is -2.99. The summed E-state index contributed by atoms with van der Waals surface area (Å²) in [6.45, 7) is 0.438. The van der Waals surface area contributed by atoms with Gasteiger partial charge >= 0.3 is 0 Å². The fourth-order valence-electron chi connectivity index (χ4n) is 2.45. The third-order valence-corrected chi connectivity index (χ3v) is 3.66. The highest BCUT2D eigenvalue weighted by atomic mass is 16.5. The van der Waals surface area contributed by atoms with E-state index in [2.05, 4.69) is 38.4 Å². The van der Waals surface area contributed by atoms with Crippen molar-refractivity contribution in [2.24, 2.45) is 10.3 Å². The molecule has 2 aromatic carbocycles. The molecular weight excluding hydrogens is 290 g/mol. The summed E-state index contributed by atoms with van der Waals surface area (Å²) in [4.78, 5) is 4.60. The SMILES string of the molecule is c1ccc2nc(COc3ccc(C4N=NNN4)cc3)ccc2c1. The van der Waals surface area contributed by atoms with Crippen molar-refractivity contribution in [3.05, 3.63) is 71.9 Å². The van der Waals surface area contributed by atoms with Gasteiger partial charge in [-0.15, -0.1) is 5.11 Å². The zero-order valence-corrected chi connectivity index (χ0v) is 12.3. The van der Waals surface area contributed by atoms with E-state index in [1.165, 1.54) is 0 Å². The largest absolute Gasteiger partial charge is 0.487 e. The lowest BCUT2D eigenvalue weighted by Crippen LogP contribution is -2.23. The number of fused-ring (bicyclic) bond motifs is 1. The molecule has 1 aromatic heterocycles. The maximum atomic E-state index is 5.81. The molecule has 0 radical (unpaired) electrons. The molecule has 0 spiro atoms. The Morgan fingerprint density at radius 3 is 2.65 bits per heavy atom. The van der Waals surface area contributed by atoms with Gasteiger partial charge in [0.2, 0.25) is 0 Å². The number of aromatic nitrogens is 1. The van der Waals surface area contributed by atoms with Crippen molar-refractivity contribution in [1.82, 2.24) is 15.9 Å². The molecular formula is C17H15N5O. The summed E-state index contributed by atoms with van der Waals surface area (Å²) in [6, 6.07) is 19.9. The van der Waals surface area contributed by atoms with Crippen LogP contribution in [-0.4, -0.2) is 4.98 Å². The number of pyridine rings is 1. The summed E-state index contributed by atoms with van der Waals surface area (Å²) in [6.07, 6.45) is -0.147. The second kappa shape index (κ2) is 6.02. The molecule has 1 aliphatic rings. The van der Waals surface area contributed by atoms with Crippen LogP contribution in [0.3, 0.4) is 0 Å². The number of hydrazine groups is 1. The third-order valence-electron chi connectivity index (χ3n) is 3.66. The van der Waals surface area contributed by atoms with Gasteiger partial charge in [0, 0.05) is 5.39 Å². The van der Waals surface area contributed by atoms with Gasteiger partial charge in [0.15, 0.2) is 6.17 Å². The lowest BCUT2D eigenvalue weighted by Gasteiger charge is -2.09. The average Bonchev–Trinajstić information content (AvgIpc) is 3.15. The van der Waals surface area contributed by atoms with Crippen LogP contribution in [0.25, 0.3) is 10.9 Å². The monoisotopic (exact) mass is 305 g/mol. The molecule has 4 rings (SSSR count). The molecule has 0 saturated heterocycles. The first-order chi connectivity index (χ1) is 11.4. The molecule has 6 nitrogen and oxygen atoms in total. The Labute approximate surface area is 133 Å². The van der Waals surface area contributed by atoms with Gasteiger partial charge in [-0.25, -0.2) is 10.5 Å². The van der Waals surface area contributed by atoms with Gasteiger partial charge in [-0.3, -0.25) is 0 Å². The summed E-state index contributed by atoms with van der Waals surface area (Å²) < 4.78 is 5.81. The van der Waals surface area contributed by atoms with E-state index in [1.54, 1.807) is 0 Å². The first-order valence-corrected chi connectivity index (χ1v) is 7.36. The molecule has 0 saturated carbocycles. The van der Waals surface area contributed by atoms with Gasteiger partial charge in [-0.05, 0) is 29.8 Å². The van der Waals surface area contributed by atoms with Crippen molar-refractivity contribution in [3.8, 4) is 5.75 Å². The van der Waals surface area contributed by atoms with E-state index < -0.39 is 0 Å². The number of nitrogens with one attached hydrogen (secondary N) is 2. The Balaban J connectivity index is 1.44. The molecule has 3 aromatic rings. The third kappa shape index (κ3) is 2.97. The molecule has 0 aliphatic carbocycles. The number of nitrogens with zero attached hydrogens (tertiary/aromatic N) is 3. The topological polar surface area (TPSA) is 70.9 Å². The fourth-order valence-corrected chi connectivity index (χ4v) is 2.45. The minimum atomic E-state index is -0.147. The van der Waals surface area contributed by atoms with Gasteiger partial charge < -0.3 is 4.74 Å². The van der Waals surface area contributed by atoms with E-state index in [9.17, 15) is 0 Å². The standard InChI is InChI=1S/C17H15N5O/c1-2-4-16-12(3-1)5-8-14(18-16)11-23-15-9-6-13(7-10-15)17-19-21-22-20-17/h1-10,17H,11H2,(H,19,22)(H,20,21). The highest BCUT2D eigenvalue weighted by Crippen LogP contribution is 2.21. The molecule has 2 N–H and O–H groups in total. The maximum Gasteiger partial charge on any atom is 0.166 e. The highest BCUT2D eigenvalue weighted by molar-refractivity contribution is 5.78. The number of para-hydroxylation sites is 1. The van der Waals surface area contributed by atoms with Crippen LogP contribution in [0.15, 0.2) is 71.0 Å². The molecule has 23 heavy (non-hydrogen) atoms. The molecule has 1 aliphatic heterocycles. The van der Waals surface area contributed by atoms with Crippen LogP contribution >= 0.6 is 0 Å². The minimum absolute atomic E-state index is 0.147. The van der Waals surface area contributed by atoms with Gasteiger partial charge in [-0.1, -0.05) is 41.6 Å². The van der Waals surface area contributed by atoms with Gasteiger partial charge in [-0.2, -0.15) is 5.43 Å². The summed E-state index contributed by atoms with van der Waals surface area (Å²) >= 11 is 0. The molecule has 1 unspecified atom stereocenters. The van der Waals surface area contributed by atoms with Crippen LogP contribution in [0, 0.1) is 0 Å². The fraction of sp³-hybridized carbons (Fsp3) is 0.118. The minimum Gasteiger partial charge on any atom is -0.487 e. The molecule has 114 valence electrons. The average molecular weight is 305 g/mol. The van der Waals surface area contributed by atoms with E-state index in [0.29, 0.717) is 6.61 Å². The zero-order valence-electron chi connectivity index (χ0n) is 12.3. The highest BCUT2D eigenvalue weighted by Gasteiger charge is 2.13.